The predicted octanol–water partition coefficient (Wildman–Crippen LogP) is 5.25. The molecule has 19 heteroatoms. The van der Waals surface area contributed by atoms with Crippen LogP contribution in [0, 0.1) is 6.92 Å². The lowest BCUT2D eigenvalue weighted by Crippen LogP contribution is -2.30. The number of azo groups is 1. The van der Waals surface area contributed by atoms with E-state index >= 15 is 0 Å². The zero-order chi connectivity index (χ0) is 29.6. The first-order chi connectivity index (χ1) is 18.6. The predicted molar refractivity (Wildman–Crippen MR) is 144 cm³/mol. The fourth-order valence-corrected chi connectivity index (χ4v) is 6.05. The highest BCUT2D eigenvalue weighted by atomic mass is 35.5. The lowest BCUT2D eigenvalue weighted by molar-refractivity contribution is -0.432. The molecule has 0 saturated heterocycles. The molecule has 0 aromatic heterocycles. The van der Waals surface area contributed by atoms with Crippen LogP contribution in [0.15, 0.2) is 66.4 Å². The van der Waals surface area contributed by atoms with Gasteiger partial charge in [0.1, 0.15) is 15.5 Å². The number of fused-ring (bicyclic) bond motifs is 1. The monoisotopic (exact) mass is 650 g/mol. The van der Waals surface area contributed by atoms with Crippen molar-refractivity contribution in [1.82, 2.24) is 0 Å². The molecule has 1 atom stereocenters. The van der Waals surface area contributed by atoms with E-state index in [-0.39, 0.29) is 32.1 Å². The van der Waals surface area contributed by atoms with Crippen molar-refractivity contribution in [2.24, 2.45) is 15.3 Å². The van der Waals surface area contributed by atoms with Gasteiger partial charge in [0, 0.05) is 15.3 Å². The van der Waals surface area contributed by atoms with Gasteiger partial charge in [-0.15, -0.1) is 4.33 Å². The summed E-state index contributed by atoms with van der Waals surface area (Å²) in [6, 6.07) is 5.61. The highest BCUT2D eigenvalue weighted by molar-refractivity contribution is 7.94. The molecule has 4 rings (SSSR count). The van der Waals surface area contributed by atoms with Gasteiger partial charge >= 0.3 is 0 Å². The van der Waals surface area contributed by atoms with Crippen molar-refractivity contribution in [3.05, 3.63) is 52.0 Å². The van der Waals surface area contributed by atoms with Gasteiger partial charge in [0.25, 0.3) is 26.1 Å². The van der Waals surface area contributed by atoms with E-state index in [1.807, 2.05) is 0 Å². The van der Waals surface area contributed by atoms with Crippen LogP contribution in [-0.2, 0) is 34.4 Å². The Bertz CT molecular complexity index is 1830. The molecule has 0 aliphatic carbocycles. The molecule has 1 aliphatic heterocycles. The van der Waals surface area contributed by atoms with Crippen molar-refractivity contribution in [3.8, 4) is 0 Å². The number of hydrogen-bond acceptors (Lipinski definition) is 12. The molecule has 0 fully saturated rings. The molecule has 0 radical (unpaired) electrons. The Labute approximate surface area is 240 Å². The van der Waals surface area contributed by atoms with Crippen molar-refractivity contribution in [2.75, 3.05) is 5.01 Å². The minimum Gasteiger partial charge on any atom is -0.282 e. The zero-order valence-corrected chi connectivity index (χ0v) is 24.0. The normalized spacial score (nSPS) is 16.4. The molecule has 3 N–H and O–H groups in total. The molecule has 1 aliphatic rings. The maximum absolute atomic E-state index is 13.1. The van der Waals surface area contributed by atoms with Crippen LogP contribution >= 0.6 is 35.2 Å². The van der Waals surface area contributed by atoms with Crippen LogP contribution in [0.1, 0.15) is 12.5 Å². The van der Waals surface area contributed by atoms with Crippen molar-refractivity contribution in [1.29, 1.82) is 0 Å². The van der Waals surface area contributed by atoms with Gasteiger partial charge in [-0.2, -0.15) is 37.2 Å². The molecule has 3 aromatic carbocycles. The van der Waals surface area contributed by atoms with E-state index in [1.165, 1.54) is 19.1 Å². The fraction of sp³-hybridized carbons (Fsp3) is 0.143. The number of amides is 1. The third-order valence-electron chi connectivity index (χ3n) is 5.52. The summed E-state index contributed by atoms with van der Waals surface area (Å²) >= 11 is 12.8. The van der Waals surface area contributed by atoms with E-state index in [4.69, 9.17) is 28.5 Å². The van der Waals surface area contributed by atoms with E-state index in [1.54, 1.807) is 13.0 Å². The molecule has 1 heterocycles. The summed E-state index contributed by atoms with van der Waals surface area (Å²) < 4.78 is 72.4. The molecular formula is C21H16Cl2N4O10S3. The first kappa shape index (κ1) is 30.3. The van der Waals surface area contributed by atoms with Crippen molar-refractivity contribution in [3.63, 3.8) is 0 Å². The molecule has 0 saturated carbocycles. The lowest BCUT2D eigenvalue weighted by atomic mass is 10.1. The number of carbonyl (C=O) groups excluding carboxylic acids is 1. The van der Waals surface area contributed by atoms with Crippen molar-refractivity contribution < 1.29 is 45.4 Å². The molecule has 1 unspecified atom stereocenters. The van der Waals surface area contributed by atoms with Crippen LogP contribution in [-0.4, -0.2) is 48.9 Å². The molecule has 0 bridgehead atoms. The largest absolute Gasteiger partial charge is 0.296 e. The fourth-order valence-electron chi connectivity index (χ4n) is 3.70. The van der Waals surface area contributed by atoms with Crippen LogP contribution in [0.25, 0.3) is 10.8 Å². The maximum Gasteiger partial charge on any atom is 0.296 e. The second-order valence-corrected chi connectivity index (χ2v) is 12.6. The average Bonchev–Trinajstić information content (AvgIpc) is 3.14. The number of halogens is 2. The highest BCUT2D eigenvalue weighted by Crippen LogP contribution is 2.38. The number of aryl methyl sites for hydroxylation is 1. The first-order valence-electron chi connectivity index (χ1n) is 10.6. The van der Waals surface area contributed by atoms with Crippen molar-refractivity contribution >= 4 is 89.2 Å². The Hall–Kier alpha value is -2.71. The van der Waals surface area contributed by atoms with Crippen LogP contribution in [0.5, 0.6) is 0 Å². The highest BCUT2D eigenvalue weighted by Gasteiger charge is 2.36. The maximum atomic E-state index is 13.1. The summed E-state index contributed by atoms with van der Waals surface area (Å²) in [6.07, 6.45) is 0. The number of rotatable bonds is 8. The van der Waals surface area contributed by atoms with Crippen LogP contribution < -0.4 is 5.01 Å². The van der Waals surface area contributed by atoms with E-state index < -0.39 is 47.7 Å². The second-order valence-electron chi connectivity index (χ2n) is 8.20. The summed E-state index contributed by atoms with van der Waals surface area (Å²) in [4.78, 5) is 11.6. The molecule has 40 heavy (non-hydrogen) atoms. The van der Waals surface area contributed by atoms with E-state index in [2.05, 4.69) is 24.7 Å². The molecule has 14 nitrogen and oxygen atoms in total. The number of anilines is 1. The van der Waals surface area contributed by atoms with Gasteiger partial charge in [-0.05, 0) is 61.2 Å². The summed E-state index contributed by atoms with van der Waals surface area (Å²) in [5.74, 6) is -0.705. The van der Waals surface area contributed by atoms with Gasteiger partial charge in [-0.3, -0.25) is 13.9 Å². The quantitative estimate of drug-likeness (QED) is 0.0943. The van der Waals surface area contributed by atoms with E-state index in [9.17, 15) is 30.7 Å². The standard InChI is InChI=1S/C21H16Cl2N4O10S3/c1-9-3-15(23)17(8-14(9)22)27-21(28)20(10(2)26-27)25-24-16-7-13-11(5-19(16)40(33,34)35)4-12(38-37-36-29)6-18(13)39(30,31)32/h3-8,20,29H,1-2H3,(H,30,31,32)(H,33,34,35). The smallest absolute Gasteiger partial charge is 0.282 e. The summed E-state index contributed by atoms with van der Waals surface area (Å²) in [5, 5.41) is 24.9. The Balaban J connectivity index is 1.82. The first-order valence-corrected chi connectivity index (χ1v) is 15.0. The number of nitrogens with zero attached hydrogens (tertiary/aromatic N) is 4. The Morgan fingerprint density at radius 1 is 0.975 bits per heavy atom. The van der Waals surface area contributed by atoms with Crippen LogP contribution in [0.3, 0.4) is 0 Å². The number of benzene rings is 3. The SMILES string of the molecule is CC1=NN(c2cc(Cl)c(C)cc2Cl)C(=O)C1N=Nc1cc2c(S(=O)(=O)O)cc(SOOO)cc2cc1S(=O)(=O)O. The summed E-state index contributed by atoms with van der Waals surface area (Å²) in [7, 11) is -9.87. The minimum atomic E-state index is -4.97. The van der Waals surface area contributed by atoms with Gasteiger partial charge in [0.2, 0.25) is 0 Å². The zero-order valence-electron chi connectivity index (χ0n) is 20.0. The second kappa shape index (κ2) is 11.3. The van der Waals surface area contributed by atoms with Gasteiger partial charge in [-0.1, -0.05) is 28.2 Å². The lowest BCUT2D eigenvalue weighted by Gasteiger charge is -2.15. The van der Waals surface area contributed by atoms with Gasteiger partial charge < -0.3 is 0 Å². The third kappa shape index (κ3) is 6.13. The van der Waals surface area contributed by atoms with Gasteiger partial charge in [-0.25, -0.2) is 5.26 Å². The van der Waals surface area contributed by atoms with E-state index in [0.29, 0.717) is 22.6 Å². The van der Waals surface area contributed by atoms with Gasteiger partial charge in [0.15, 0.2) is 6.04 Å². The van der Waals surface area contributed by atoms with Gasteiger partial charge in [0.05, 0.1) is 28.5 Å². The number of carbonyl (C=O) groups is 1. The average molecular weight is 651 g/mol. The molecular weight excluding hydrogens is 635 g/mol. The molecule has 0 spiro atoms. The van der Waals surface area contributed by atoms with E-state index in [0.717, 1.165) is 23.2 Å². The summed E-state index contributed by atoms with van der Waals surface area (Å²) in [6.45, 7) is 3.18. The Kier molecular flexibility index (Phi) is 8.53. The Morgan fingerprint density at radius 3 is 2.27 bits per heavy atom. The number of hydrazone groups is 1. The van der Waals surface area contributed by atoms with Crippen LogP contribution in [0.2, 0.25) is 10.0 Å². The molecule has 1 amide bonds. The summed E-state index contributed by atoms with van der Waals surface area (Å²) in [5.41, 5.74) is 0.441. The number of hydrogen-bond donors (Lipinski definition) is 3. The van der Waals surface area contributed by atoms with Crippen LogP contribution in [0.4, 0.5) is 11.4 Å². The molecule has 212 valence electrons. The van der Waals surface area contributed by atoms with Crippen molar-refractivity contribution in [2.45, 2.75) is 34.6 Å². The molecule has 3 aromatic rings. The topological polar surface area (TPSA) is 205 Å². The minimum absolute atomic E-state index is 0.0387. The Morgan fingerprint density at radius 2 is 1.65 bits per heavy atom. The third-order valence-corrected chi connectivity index (χ3v) is 8.56.